The number of anilines is 1. The number of hydrogen-bond acceptors (Lipinski definition) is 3. The standard InChI is InChI=1S/C16H17NO3S/c18-21(19,11-10-13-4-2-1-3-5-13)17-15-8-6-14(7-9-15)16-12-20-16/h1-9,16-17H,10-12H2. The van der Waals surface area contributed by atoms with Crippen LogP contribution in [0.1, 0.15) is 17.2 Å². The summed E-state index contributed by atoms with van der Waals surface area (Å²) in [7, 11) is -3.33. The largest absolute Gasteiger partial charge is 0.368 e. The van der Waals surface area contributed by atoms with Gasteiger partial charge in [-0.15, -0.1) is 0 Å². The lowest BCUT2D eigenvalue weighted by molar-refractivity contribution is 0.415. The third-order valence-electron chi connectivity index (χ3n) is 3.39. The van der Waals surface area contributed by atoms with Gasteiger partial charge in [-0.1, -0.05) is 42.5 Å². The van der Waals surface area contributed by atoms with E-state index in [0.717, 1.165) is 17.7 Å². The Balaban J connectivity index is 1.59. The average Bonchev–Trinajstić information content (AvgIpc) is 3.32. The Kier molecular flexibility index (Phi) is 3.94. The van der Waals surface area contributed by atoms with Crippen LogP contribution in [0.4, 0.5) is 5.69 Å². The molecule has 5 heteroatoms. The van der Waals surface area contributed by atoms with E-state index >= 15 is 0 Å². The van der Waals surface area contributed by atoms with Gasteiger partial charge in [-0.25, -0.2) is 8.42 Å². The number of ether oxygens (including phenoxy) is 1. The highest BCUT2D eigenvalue weighted by molar-refractivity contribution is 7.92. The van der Waals surface area contributed by atoms with E-state index < -0.39 is 10.0 Å². The topological polar surface area (TPSA) is 58.7 Å². The molecule has 1 atom stereocenters. The zero-order valence-electron chi connectivity index (χ0n) is 11.5. The number of benzene rings is 2. The quantitative estimate of drug-likeness (QED) is 0.835. The summed E-state index contributed by atoms with van der Waals surface area (Å²) in [4.78, 5) is 0. The minimum absolute atomic E-state index is 0.0739. The van der Waals surface area contributed by atoms with Crippen LogP contribution < -0.4 is 4.72 Å². The molecule has 0 aromatic heterocycles. The molecule has 1 aliphatic heterocycles. The van der Waals surface area contributed by atoms with Crippen LogP contribution in [0.15, 0.2) is 54.6 Å². The van der Waals surface area contributed by atoms with Crippen molar-refractivity contribution in [2.75, 3.05) is 17.1 Å². The van der Waals surface area contributed by atoms with Crippen LogP contribution in [0.2, 0.25) is 0 Å². The van der Waals surface area contributed by atoms with Crippen molar-refractivity contribution < 1.29 is 13.2 Å². The highest BCUT2D eigenvalue weighted by Gasteiger charge is 2.24. The van der Waals surface area contributed by atoms with Crippen LogP contribution in [0.3, 0.4) is 0 Å². The van der Waals surface area contributed by atoms with Gasteiger partial charge in [-0.05, 0) is 29.7 Å². The van der Waals surface area contributed by atoms with E-state index in [1.807, 2.05) is 42.5 Å². The molecule has 1 fully saturated rings. The second-order valence-corrected chi connectivity index (χ2v) is 6.94. The number of hydrogen-bond donors (Lipinski definition) is 1. The van der Waals surface area contributed by atoms with Crippen molar-refractivity contribution in [1.82, 2.24) is 0 Å². The Morgan fingerprint density at radius 3 is 2.33 bits per heavy atom. The van der Waals surface area contributed by atoms with Crippen LogP contribution in [0.25, 0.3) is 0 Å². The Labute approximate surface area is 124 Å². The van der Waals surface area contributed by atoms with Gasteiger partial charge in [0.15, 0.2) is 0 Å². The molecule has 0 amide bonds. The third-order valence-corrected chi connectivity index (χ3v) is 4.68. The van der Waals surface area contributed by atoms with Crippen molar-refractivity contribution in [1.29, 1.82) is 0 Å². The van der Waals surface area contributed by atoms with Crippen molar-refractivity contribution in [2.45, 2.75) is 12.5 Å². The number of rotatable bonds is 6. The van der Waals surface area contributed by atoms with Gasteiger partial charge in [0.1, 0.15) is 6.10 Å². The van der Waals surface area contributed by atoms with Crippen molar-refractivity contribution in [3.8, 4) is 0 Å². The molecule has 1 aliphatic rings. The highest BCUT2D eigenvalue weighted by atomic mass is 32.2. The lowest BCUT2D eigenvalue weighted by Crippen LogP contribution is -2.18. The van der Waals surface area contributed by atoms with Gasteiger partial charge in [-0.2, -0.15) is 0 Å². The molecule has 110 valence electrons. The molecule has 3 rings (SSSR count). The van der Waals surface area contributed by atoms with E-state index in [9.17, 15) is 8.42 Å². The summed E-state index contributed by atoms with van der Waals surface area (Å²) in [6, 6.07) is 16.9. The highest BCUT2D eigenvalue weighted by Crippen LogP contribution is 2.30. The van der Waals surface area contributed by atoms with E-state index in [2.05, 4.69) is 4.72 Å². The minimum Gasteiger partial charge on any atom is -0.368 e. The minimum atomic E-state index is -3.33. The lowest BCUT2D eigenvalue weighted by atomic mass is 10.1. The number of aryl methyl sites for hydroxylation is 1. The predicted molar refractivity (Wildman–Crippen MR) is 82.7 cm³/mol. The Hall–Kier alpha value is -1.85. The van der Waals surface area contributed by atoms with Crippen LogP contribution in [-0.4, -0.2) is 20.8 Å². The van der Waals surface area contributed by atoms with Gasteiger partial charge in [0, 0.05) is 5.69 Å². The zero-order chi connectivity index (χ0) is 14.7. The second kappa shape index (κ2) is 5.87. The molecule has 0 spiro atoms. The maximum Gasteiger partial charge on any atom is 0.233 e. The molecule has 21 heavy (non-hydrogen) atoms. The van der Waals surface area contributed by atoms with E-state index in [0.29, 0.717) is 12.1 Å². The van der Waals surface area contributed by atoms with Gasteiger partial charge < -0.3 is 4.74 Å². The molecule has 0 bridgehead atoms. The Morgan fingerprint density at radius 1 is 1.05 bits per heavy atom. The fourth-order valence-corrected chi connectivity index (χ4v) is 3.24. The first kappa shape index (κ1) is 14.1. The molecule has 1 unspecified atom stereocenters. The molecule has 2 aromatic carbocycles. The average molecular weight is 303 g/mol. The van der Waals surface area contributed by atoms with Gasteiger partial charge in [0.25, 0.3) is 0 Å². The monoisotopic (exact) mass is 303 g/mol. The molecule has 4 nitrogen and oxygen atoms in total. The van der Waals surface area contributed by atoms with Crippen LogP contribution in [-0.2, 0) is 21.2 Å². The molecule has 0 saturated carbocycles. The molecule has 1 N–H and O–H groups in total. The molecule has 1 saturated heterocycles. The van der Waals surface area contributed by atoms with Crippen molar-refractivity contribution in [2.24, 2.45) is 0 Å². The first-order chi connectivity index (χ1) is 10.1. The predicted octanol–water partition coefficient (Wildman–Crippen LogP) is 2.74. The zero-order valence-corrected chi connectivity index (χ0v) is 12.3. The number of nitrogens with one attached hydrogen (secondary N) is 1. The van der Waals surface area contributed by atoms with E-state index in [4.69, 9.17) is 4.74 Å². The first-order valence-electron chi connectivity index (χ1n) is 6.88. The van der Waals surface area contributed by atoms with Crippen LogP contribution in [0, 0.1) is 0 Å². The van der Waals surface area contributed by atoms with E-state index in [1.54, 1.807) is 12.1 Å². The normalized spacial score (nSPS) is 17.4. The number of epoxide rings is 1. The maximum absolute atomic E-state index is 12.1. The van der Waals surface area contributed by atoms with Crippen LogP contribution in [0.5, 0.6) is 0 Å². The maximum atomic E-state index is 12.1. The summed E-state index contributed by atoms with van der Waals surface area (Å²) in [5.74, 6) is 0.0739. The van der Waals surface area contributed by atoms with Crippen molar-refractivity contribution >= 4 is 15.7 Å². The Bertz CT molecular complexity index is 692. The van der Waals surface area contributed by atoms with E-state index in [1.165, 1.54) is 0 Å². The Morgan fingerprint density at radius 2 is 1.71 bits per heavy atom. The summed E-state index contributed by atoms with van der Waals surface area (Å²) in [6.45, 7) is 0.752. The summed E-state index contributed by atoms with van der Waals surface area (Å²) in [5.41, 5.74) is 2.69. The fourth-order valence-electron chi connectivity index (χ4n) is 2.13. The molecule has 0 radical (unpaired) electrons. The lowest BCUT2D eigenvalue weighted by Gasteiger charge is -2.08. The summed E-state index contributed by atoms with van der Waals surface area (Å²) in [5, 5.41) is 0. The third kappa shape index (κ3) is 4.06. The van der Waals surface area contributed by atoms with Gasteiger partial charge >= 0.3 is 0 Å². The van der Waals surface area contributed by atoms with Gasteiger partial charge in [-0.3, -0.25) is 4.72 Å². The summed E-state index contributed by atoms with van der Waals surface area (Å²) in [6.07, 6.45) is 0.693. The second-order valence-electron chi connectivity index (χ2n) is 5.10. The van der Waals surface area contributed by atoms with Crippen molar-refractivity contribution in [3.63, 3.8) is 0 Å². The fraction of sp³-hybridized carbons (Fsp3) is 0.250. The van der Waals surface area contributed by atoms with E-state index in [-0.39, 0.29) is 11.9 Å². The van der Waals surface area contributed by atoms with Crippen LogP contribution >= 0.6 is 0 Å². The number of sulfonamides is 1. The molecule has 0 aliphatic carbocycles. The van der Waals surface area contributed by atoms with Gasteiger partial charge in [0.05, 0.1) is 12.4 Å². The van der Waals surface area contributed by atoms with Crippen molar-refractivity contribution in [3.05, 3.63) is 65.7 Å². The smallest absolute Gasteiger partial charge is 0.233 e. The SMILES string of the molecule is O=S(=O)(CCc1ccccc1)Nc1ccc(C2CO2)cc1. The van der Waals surface area contributed by atoms with Gasteiger partial charge in [0.2, 0.25) is 10.0 Å². The molecule has 1 heterocycles. The molecular formula is C16H17NO3S. The molecule has 2 aromatic rings. The summed E-state index contributed by atoms with van der Waals surface area (Å²) < 4.78 is 31.9. The summed E-state index contributed by atoms with van der Waals surface area (Å²) >= 11 is 0. The molecular weight excluding hydrogens is 286 g/mol. The first-order valence-corrected chi connectivity index (χ1v) is 8.54.